The maximum atomic E-state index is 6.00. The molecule has 0 bridgehead atoms. The molecule has 0 unspecified atom stereocenters. The highest BCUT2D eigenvalue weighted by atomic mass is 16.5. The second-order valence-corrected chi connectivity index (χ2v) is 7.02. The summed E-state index contributed by atoms with van der Waals surface area (Å²) in [5.41, 5.74) is 1.22. The number of ether oxygens (including phenoxy) is 1. The first kappa shape index (κ1) is 13.7. The number of morpholine rings is 1. The van der Waals surface area contributed by atoms with E-state index in [-0.39, 0.29) is 11.5 Å². The molecule has 1 aromatic heterocycles. The molecule has 3 heterocycles. The molecule has 2 aliphatic heterocycles. The summed E-state index contributed by atoms with van der Waals surface area (Å²) >= 11 is 0. The minimum atomic E-state index is -0.0582. The van der Waals surface area contributed by atoms with Crippen molar-refractivity contribution in [1.82, 2.24) is 15.0 Å². The van der Waals surface area contributed by atoms with Crippen LogP contribution < -0.4 is 0 Å². The van der Waals surface area contributed by atoms with Gasteiger partial charge in [0.1, 0.15) is 6.10 Å². The fraction of sp³-hybridized carbons (Fsp3) is 0.556. The van der Waals surface area contributed by atoms with Crippen molar-refractivity contribution in [3.05, 3.63) is 47.6 Å². The van der Waals surface area contributed by atoms with Gasteiger partial charge in [0, 0.05) is 12.6 Å². The van der Waals surface area contributed by atoms with Crippen LogP contribution in [0.1, 0.15) is 49.1 Å². The third kappa shape index (κ3) is 2.22. The van der Waals surface area contributed by atoms with Crippen molar-refractivity contribution in [3.8, 4) is 0 Å². The van der Waals surface area contributed by atoms with Crippen LogP contribution in [0.4, 0.5) is 0 Å². The molecule has 5 nitrogen and oxygen atoms in total. The van der Waals surface area contributed by atoms with Crippen molar-refractivity contribution in [1.29, 1.82) is 0 Å². The van der Waals surface area contributed by atoms with E-state index in [0.717, 1.165) is 31.9 Å². The largest absolute Gasteiger partial charge is 0.367 e. The Balaban J connectivity index is 1.39. The molecular weight excluding hydrogens is 290 g/mol. The van der Waals surface area contributed by atoms with Gasteiger partial charge in [0.05, 0.1) is 12.0 Å². The predicted molar refractivity (Wildman–Crippen MR) is 84.0 cm³/mol. The number of aromatic nitrogens is 2. The Morgan fingerprint density at radius 3 is 2.87 bits per heavy atom. The minimum Gasteiger partial charge on any atom is -0.367 e. The van der Waals surface area contributed by atoms with E-state index in [4.69, 9.17) is 14.2 Å². The Kier molecular flexibility index (Phi) is 3.06. The van der Waals surface area contributed by atoms with Crippen LogP contribution in [0, 0.1) is 0 Å². The Morgan fingerprint density at radius 1 is 1.17 bits per heavy atom. The van der Waals surface area contributed by atoms with Crippen molar-refractivity contribution in [2.45, 2.75) is 43.2 Å². The second-order valence-electron chi connectivity index (χ2n) is 7.02. The minimum absolute atomic E-state index is 0.0478. The molecule has 120 valence electrons. The molecule has 0 radical (unpaired) electrons. The molecule has 3 fully saturated rings. The Morgan fingerprint density at radius 2 is 2.04 bits per heavy atom. The van der Waals surface area contributed by atoms with Crippen LogP contribution in [0.2, 0.25) is 0 Å². The van der Waals surface area contributed by atoms with E-state index in [2.05, 4.69) is 34.3 Å². The van der Waals surface area contributed by atoms with Crippen LogP contribution in [0.25, 0.3) is 0 Å². The van der Waals surface area contributed by atoms with Gasteiger partial charge in [-0.2, -0.15) is 4.98 Å². The zero-order valence-electron chi connectivity index (χ0n) is 13.1. The van der Waals surface area contributed by atoms with Crippen molar-refractivity contribution in [2.75, 3.05) is 19.7 Å². The fourth-order valence-electron chi connectivity index (χ4n) is 4.04. The lowest BCUT2D eigenvalue weighted by Gasteiger charge is -2.33. The lowest BCUT2D eigenvalue weighted by molar-refractivity contribution is -0.0548. The van der Waals surface area contributed by atoms with E-state index >= 15 is 0 Å². The summed E-state index contributed by atoms with van der Waals surface area (Å²) in [6.45, 7) is 2.85. The molecular formula is C18H21N3O2. The van der Waals surface area contributed by atoms with E-state index < -0.39 is 0 Å². The van der Waals surface area contributed by atoms with Crippen LogP contribution in [0.15, 0.2) is 34.9 Å². The number of fused-ring (bicyclic) bond motifs is 1. The van der Waals surface area contributed by atoms with Crippen LogP contribution in [0.3, 0.4) is 0 Å². The van der Waals surface area contributed by atoms with Crippen molar-refractivity contribution in [3.63, 3.8) is 0 Å². The van der Waals surface area contributed by atoms with Crippen LogP contribution in [-0.2, 0) is 10.2 Å². The topological polar surface area (TPSA) is 51.4 Å². The lowest BCUT2D eigenvalue weighted by atomic mass is 9.96. The van der Waals surface area contributed by atoms with Gasteiger partial charge in [0.15, 0.2) is 0 Å². The maximum Gasteiger partial charge on any atom is 0.237 e. The van der Waals surface area contributed by atoms with E-state index in [0.29, 0.717) is 11.9 Å². The Bertz CT molecular complexity index is 695. The van der Waals surface area contributed by atoms with E-state index in [1.165, 1.54) is 24.9 Å². The number of rotatable bonds is 3. The highest BCUT2D eigenvalue weighted by molar-refractivity contribution is 5.38. The highest BCUT2D eigenvalue weighted by Gasteiger charge is 2.51. The molecule has 2 aromatic rings. The Hall–Kier alpha value is -1.72. The Labute approximate surface area is 135 Å². The van der Waals surface area contributed by atoms with Crippen molar-refractivity contribution >= 4 is 0 Å². The first-order valence-corrected chi connectivity index (χ1v) is 8.60. The van der Waals surface area contributed by atoms with Gasteiger partial charge in [-0.3, -0.25) is 4.90 Å². The molecule has 1 aromatic carbocycles. The molecule has 5 heteroatoms. The average Bonchev–Trinajstić information content (AvgIpc) is 3.05. The quantitative estimate of drug-likeness (QED) is 0.872. The molecule has 2 saturated heterocycles. The van der Waals surface area contributed by atoms with Gasteiger partial charge < -0.3 is 9.26 Å². The first-order chi connectivity index (χ1) is 11.4. The highest BCUT2D eigenvalue weighted by Crippen LogP contribution is 2.52. The molecule has 23 heavy (non-hydrogen) atoms. The molecule has 3 aliphatic rings. The number of nitrogens with zero attached hydrogens (tertiary/aromatic N) is 3. The fourth-order valence-corrected chi connectivity index (χ4v) is 4.04. The molecule has 2 atom stereocenters. The predicted octanol–water partition coefficient (Wildman–Crippen LogP) is 2.69. The van der Waals surface area contributed by atoms with E-state index in [1.54, 1.807) is 0 Å². The summed E-state index contributed by atoms with van der Waals surface area (Å²) in [6.07, 6.45) is 4.64. The van der Waals surface area contributed by atoms with Gasteiger partial charge in [-0.05, 0) is 37.8 Å². The van der Waals surface area contributed by atoms with Crippen LogP contribution in [-0.4, -0.2) is 40.8 Å². The number of hydrogen-bond donors (Lipinski definition) is 0. The van der Waals surface area contributed by atoms with Gasteiger partial charge in [-0.1, -0.05) is 35.5 Å². The SMILES string of the molecule is c1ccc(C2(c3nc([C@@H]4CN5CCC[C@@H]5CO4)no3)CC2)cc1. The average molecular weight is 311 g/mol. The first-order valence-electron chi connectivity index (χ1n) is 8.60. The molecule has 1 saturated carbocycles. The molecule has 0 amide bonds. The van der Waals surface area contributed by atoms with Crippen LogP contribution in [0.5, 0.6) is 0 Å². The van der Waals surface area contributed by atoms with Gasteiger partial charge >= 0.3 is 0 Å². The number of benzene rings is 1. The zero-order valence-corrected chi connectivity index (χ0v) is 13.1. The molecule has 0 spiro atoms. The third-order valence-corrected chi connectivity index (χ3v) is 5.60. The standard InChI is InChI=1S/C18H21N3O2/c1-2-5-13(6-3-1)18(8-9-18)17-19-16(20-23-17)15-11-21-10-4-7-14(21)12-22-15/h1-3,5-6,14-15H,4,7-12H2/t14-,15+/m1/s1. The maximum absolute atomic E-state index is 6.00. The van der Waals surface area contributed by atoms with Crippen molar-refractivity contribution < 1.29 is 9.26 Å². The summed E-state index contributed by atoms with van der Waals surface area (Å²) in [5.74, 6) is 1.47. The molecule has 5 rings (SSSR count). The zero-order chi connectivity index (χ0) is 15.3. The molecule has 0 N–H and O–H groups in total. The van der Waals surface area contributed by atoms with Crippen LogP contribution >= 0.6 is 0 Å². The van der Waals surface area contributed by atoms with Gasteiger partial charge in [0.2, 0.25) is 11.7 Å². The van der Waals surface area contributed by atoms with E-state index in [9.17, 15) is 0 Å². The van der Waals surface area contributed by atoms with Gasteiger partial charge in [-0.15, -0.1) is 0 Å². The molecule has 1 aliphatic carbocycles. The third-order valence-electron chi connectivity index (χ3n) is 5.60. The number of hydrogen-bond acceptors (Lipinski definition) is 5. The smallest absolute Gasteiger partial charge is 0.237 e. The second kappa shape index (κ2) is 5.14. The monoisotopic (exact) mass is 311 g/mol. The summed E-state index contributed by atoms with van der Waals surface area (Å²) in [4.78, 5) is 7.24. The normalized spacial score (nSPS) is 29.4. The van der Waals surface area contributed by atoms with Gasteiger partial charge in [0.25, 0.3) is 0 Å². The lowest BCUT2D eigenvalue weighted by Crippen LogP contribution is -2.42. The summed E-state index contributed by atoms with van der Waals surface area (Å²) in [5, 5.41) is 4.25. The van der Waals surface area contributed by atoms with Crippen molar-refractivity contribution in [2.24, 2.45) is 0 Å². The summed E-state index contributed by atoms with van der Waals surface area (Å²) in [7, 11) is 0. The van der Waals surface area contributed by atoms with E-state index in [1.807, 2.05) is 6.07 Å². The van der Waals surface area contributed by atoms with Gasteiger partial charge in [-0.25, -0.2) is 0 Å². The summed E-state index contributed by atoms with van der Waals surface area (Å²) in [6, 6.07) is 11.1. The summed E-state index contributed by atoms with van der Waals surface area (Å²) < 4.78 is 11.7.